The second-order valence-corrected chi connectivity index (χ2v) is 6.77. The van der Waals surface area contributed by atoms with Crippen molar-refractivity contribution >= 4 is 17.6 Å². The van der Waals surface area contributed by atoms with Crippen molar-refractivity contribution < 1.29 is 4.79 Å². The molecule has 2 aromatic carbocycles. The number of amides is 1. The number of guanidine groups is 1. The van der Waals surface area contributed by atoms with E-state index in [4.69, 9.17) is 0 Å². The molecule has 26 heavy (non-hydrogen) atoms. The number of para-hydroxylation sites is 1. The summed E-state index contributed by atoms with van der Waals surface area (Å²) in [6, 6.07) is 16.7. The average Bonchev–Trinajstić information content (AvgIpc) is 3.12. The number of nitrogens with one attached hydrogen (secondary N) is 1. The van der Waals surface area contributed by atoms with Crippen LogP contribution in [0.1, 0.15) is 16.7 Å². The Morgan fingerprint density at radius 1 is 1.00 bits per heavy atom. The fraction of sp³-hybridized carbons (Fsp3) is 0.333. The van der Waals surface area contributed by atoms with E-state index in [1.807, 2.05) is 23.1 Å². The van der Waals surface area contributed by atoms with E-state index in [2.05, 4.69) is 45.5 Å². The summed E-state index contributed by atoms with van der Waals surface area (Å²) < 4.78 is 0. The minimum absolute atomic E-state index is 0.0912. The van der Waals surface area contributed by atoms with Crippen LogP contribution in [0.15, 0.2) is 53.5 Å². The number of benzene rings is 2. The summed E-state index contributed by atoms with van der Waals surface area (Å²) in [4.78, 5) is 21.2. The molecular weight excluding hydrogens is 324 g/mol. The molecular formula is C21H24N4O. The number of carbonyl (C=O) groups excluding carboxylic acids is 1. The van der Waals surface area contributed by atoms with Gasteiger partial charge in [-0.25, -0.2) is 0 Å². The Morgan fingerprint density at radius 3 is 2.50 bits per heavy atom. The minimum Gasteiger partial charge on any atom is -0.347 e. The van der Waals surface area contributed by atoms with E-state index in [0.717, 1.165) is 44.1 Å². The number of nitrogens with zero attached hydrogens (tertiary/aromatic N) is 3. The van der Waals surface area contributed by atoms with E-state index in [1.54, 1.807) is 7.05 Å². The monoisotopic (exact) mass is 348 g/mol. The van der Waals surface area contributed by atoms with Crippen molar-refractivity contribution in [3.05, 3.63) is 65.2 Å². The van der Waals surface area contributed by atoms with Crippen molar-refractivity contribution in [1.29, 1.82) is 0 Å². The highest BCUT2D eigenvalue weighted by atomic mass is 16.2. The fourth-order valence-electron chi connectivity index (χ4n) is 3.86. The van der Waals surface area contributed by atoms with Gasteiger partial charge in [0.05, 0.1) is 6.54 Å². The second kappa shape index (κ2) is 7.20. The van der Waals surface area contributed by atoms with Crippen LogP contribution in [0.4, 0.5) is 5.69 Å². The molecule has 0 saturated heterocycles. The number of hydrogen-bond donors (Lipinski definition) is 1. The molecule has 0 unspecified atom stereocenters. The number of rotatable bonds is 2. The van der Waals surface area contributed by atoms with E-state index < -0.39 is 0 Å². The lowest BCUT2D eigenvalue weighted by atomic mass is 10.0. The minimum atomic E-state index is 0.0912. The van der Waals surface area contributed by atoms with Crippen molar-refractivity contribution in [1.82, 2.24) is 10.2 Å². The Morgan fingerprint density at radius 2 is 1.69 bits per heavy atom. The van der Waals surface area contributed by atoms with Crippen LogP contribution in [-0.4, -0.2) is 43.4 Å². The highest BCUT2D eigenvalue weighted by Gasteiger charge is 2.25. The third-order valence-corrected chi connectivity index (χ3v) is 5.23. The van der Waals surface area contributed by atoms with Crippen molar-refractivity contribution in [2.75, 3.05) is 31.6 Å². The summed E-state index contributed by atoms with van der Waals surface area (Å²) in [5, 5.41) is 3.26. The van der Waals surface area contributed by atoms with Crippen molar-refractivity contribution in [3.63, 3.8) is 0 Å². The summed E-state index contributed by atoms with van der Waals surface area (Å²) in [5.41, 5.74) is 5.03. The molecule has 4 rings (SSSR count). The molecule has 5 heteroatoms. The number of carbonyl (C=O) groups is 1. The van der Waals surface area contributed by atoms with Gasteiger partial charge in [0.1, 0.15) is 0 Å². The highest BCUT2D eigenvalue weighted by molar-refractivity contribution is 5.98. The van der Waals surface area contributed by atoms with Gasteiger partial charge in [0.15, 0.2) is 5.96 Å². The van der Waals surface area contributed by atoms with E-state index in [1.165, 1.54) is 16.7 Å². The predicted molar refractivity (Wildman–Crippen MR) is 104 cm³/mol. The summed E-state index contributed by atoms with van der Waals surface area (Å²) in [6.07, 6.45) is 1.93. The maximum Gasteiger partial charge on any atom is 0.246 e. The summed E-state index contributed by atoms with van der Waals surface area (Å²) in [7, 11) is 1.78. The molecule has 0 bridgehead atoms. The van der Waals surface area contributed by atoms with Gasteiger partial charge in [0.2, 0.25) is 5.91 Å². The van der Waals surface area contributed by atoms with Crippen LogP contribution in [0.3, 0.4) is 0 Å². The number of fused-ring (bicyclic) bond motifs is 2. The molecule has 0 fully saturated rings. The van der Waals surface area contributed by atoms with Gasteiger partial charge in [-0.15, -0.1) is 0 Å². The number of hydrogen-bond acceptors (Lipinski definition) is 2. The molecule has 5 nitrogen and oxygen atoms in total. The van der Waals surface area contributed by atoms with Gasteiger partial charge in [-0.3, -0.25) is 9.79 Å². The molecule has 0 aliphatic carbocycles. The van der Waals surface area contributed by atoms with Crippen LogP contribution in [0.25, 0.3) is 0 Å². The molecule has 0 atom stereocenters. The van der Waals surface area contributed by atoms with Crippen LogP contribution < -0.4 is 10.2 Å². The van der Waals surface area contributed by atoms with Crippen molar-refractivity contribution in [2.45, 2.75) is 19.4 Å². The van der Waals surface area contributed by atoms with E-state index in [0.29, 0.717) is 0 Å². The van der Waals surface area contributed by atoms with Gasteiger partial charge in [0.25, 0.3) is 0 Å². The van der Waals surface area contributed by atoms with E-state index in [9.17, 15) is 4.79 Å². The molecule has 0 aromatic heterocycles. The molecule has 2 aromatic rings. The van der Waals surface area contributed by atoms with Gasteiger partial charge in [0, 0.05) is 32.4 Å². The third kappa shape index (κ3) is 3.17. The molecule has 0 radical (unpaired) electrons. The first-order valence-corrected chi connectivity index (χ1v) is 9.17. The Kier molecular flexibility index (Phi) is 4.61. The van der Waals surface area contributed by atoms with Crippen LogP contribution in [0.2, 0.25) is 0 Å². The van der Waals surface area contributed by atoms with E-state index >= 15 is 0 Å². The SMILES string of the molecule is CN=C(NCC(=O)N1CCc2ccccc21)N1CCc2ccccc2C1. The molecule has 0 spiro atoms. The summed E-state index contributed by atoms with van der Waals surface area (Å²) >= 11 is 0. The summed E-state index contributed by atoms with van der Waals surface area (Å²) in [5.74, 6) is 0.883. The van der Waals surface area contributed by atoms with E-state index in [-0.39, 0.29) is 12.5 Å². The largest absolute Gasteiger partial charge is 0.347 e. The van der Waals surface area contributed by atoms with Crippen LogP contribution in [0.5, 0.6) is 0 Å². The molecule has 0 saturated carbocycles. The first kappa shape index (κ1) is 16.6. The van der Waals surface area contributed by atoms with Crippen LogP contribution >= 0.6 is 0 Å². The molecule has 134 valence electrons. The normalized spacial score (nSPS) is 16.3. The molecule has 1 N–H and O–H groups in total. The standard InChI is InChI=1S/C21H24N4O/c1-22-21(24-12-10-16-6-2-3-8-18(16)15-24)23-14-20(26)25-13-11-17-7-4-5-9-19(17)25/h2-9H,10-15H2,1H3,(H,22,23). The van der Waals surface area contributed by atoms with Gasteiger partial charge < -0.3 is 15.1 Å². The Labute approximate surface area is 154 Å². The predicted octanol–water partition coefficient (Wildman–Crippen LogP) is 2.21. The molecule has 2 aliphatic rings. The van der Waals surface area contributed by atoms with Crippen LogP contribution in [0, 0.1) is 0 Å². The van der Waals surface area contributed by atoms with Gasteiger partial charge >= 0.3 is 0 Å². The first-order chi connectivity index (χ1) is 12.8. The van der Waals surface area contributed by atoms with Crippen molar-refractivity contribution in [3.8, 4) is 0 Å². The Bertz CT molecular complexity index is 845. The Hall–Kier alpha value is -2.82. The lowest BCUT2D eigenvalue weighted by Gasteiger charge is -2.31. The molecule has 2 heterocycles. The third-order valence-electron chi connectivity index (χ3n) is 5.23. The van der Waals surface area contributed by atoms with Gasteiger partial charge in [-0.1, -0.05) is 42.5 Å². The van der Waals surface area contributed by atoms with Gasteiger partial charge in [-0.05, 0) is 35.6 Å². The lowest BCUT2D eigenvalue weighted by Crippen LogP contribution is -2.47. The fourth-order valence-corrected chi connectivity index (χ4v) is 3.86. The maximum atomic E-state index is 12.7. The molecule has 1 amide bonds. The zero-order chi connectivity index (χ0) is 17.9. The average molecular weight is 348 g/mol. The molecule has 2 aliphatic heterocycles. The maximum absolute atomic E-state index is 12.7. The van der Waals surface area contributed by atoms with Crippen LogP contribution in [-0.2, 0) is 24.2 Å². The quantitative estimate of drug-likeness (QED) is 0.669. The lowest BCUT2D eigenvalue weighted by molar-refractivity contribution is -0.117. The van der Waals surface area contributed by atoms with Crippen molar-refractivity contribution in [2.24, 2.45) is 4.99 Å². The Balaban J connectivity index is 1.39. The summed E-state index contributed by atoms with van der Waals surface area (Å²) in [6.45, 7) is 2.77. The van der Waals surface area contributed by atoms with Gasteiger partial charge in [-0.2, -0.15) is 0 Å². The zero-order valence-electron chi connectivity index (χ0n) is 15.1. The zero-order valence-corrected chi connectivity index (χ0v) is 15.1. The topological polar surface area (TPSA) is 47.9 Å². The number of aliphatic imine (C=N–C) groups is 1. The smallest absolute Gasteiger partial charge is 0.246 e. The highest BCUT2D eigenvalue weighted by Crippen LogP contribution is 2.27. The second-order valence-electron chi connectivity index (χ2n) is 6.77. The number of anilines is 1. The first-order valence-electron chi connectivity index (χ1n) is 9.17.